The maximum atomic E-state index is 12.7. The first-order valence-electron chi connectivity index (χ1n) is 9.08. The van der Waals surface area contributed by atoms with Crippen LogP contribution in [-0.4, -0.2) is 35.5 Å². The molecular formula is C22H23N3O4. The third-order valence-electron chi connectivity index (χ3n) is 4.73. The number of nitrogens with zero attached hydrogens (tertiary/aromatic N) is 2. The summed E-state index contributed by atoms with van der Waals surface area (Å²) < 4.78 is 12.2. The molecule has 0 spiro atoms. The minimum Gasteiger partial charge on any atom is -0.497 e. The number of aromatic nitrogens is 2. The molecule has 0 aliphatic carbocycles. The minimum atomic E-state index is -0.706. The van der Waals surface area contributed by atoms with E-state index in [1.165, 1.54) is 13.3 Å². The normalized spacial score (nSPS) is 10.5. The van der Waals surface area contributed by atoms with Gasteiger partial charge in [-0.15, -0.1) is 0 Å². The molecule has 2 aromatic heterocycles. The largest absolute Gasteiger partial charge is 0.497 e. The fourth-order valence-electron chi connectivity index (χ4n) is 3.10. The molecule has 1 amide bonds. The van der Waals surface area contributed by atoms with Crippen molar-refractivity contribution >= 4 is 17.4 Å². The lowest BCUT2D eigenvalue weighted by Gasteiger charge is -2.11. The van der Waals surface area contributed by atoms with Crippen molar-refractivity contribution in [3.63, 3.8) is 0 Å². The Balaban J connectivity index is 1.78. The molecule has 0 unspecified atom stereocenters. The van der Waals surface area contributed by atoms with Crippen molar-refractivity contribution in [3.05, 3.63) is 71.2 Å². The molecule has 7 heteroatoms. The lowest BCUT2D eigenvalue weighted by atomic mass is 10.1. The quantitative estimate of drug-likeness (QED) is 0.491. The third-order valence-corrected chi connectivity index (χ3v) is 4.73. The fourth-order valence-corrected chi connectivity index (χ4v) is 3.10. The predicted octanol–water partition coefficient (Wildman–Crippen LogP) is 3.39. The average molecular weight is 393 g/mol. The van der Waals surface area contributed by atoms with Gasteiger partial charge in [0.2, 0.25) is 5.88 Å². The van der Waals surface area contributed by atoms with Crippen LogP contribution in [0.1, 0.15) is 27.3 Å². The molecule has 0 aliphatic rings. The lowest BCUT2D eigenvalue weighted by molar-refractivity contribution is -0.112. The van der Waals surface area contributed by atoms with Crippen LogP contribution in [0, 0.1) is 13.8 Å². The van der Waals surface area contributed by atoms with E-state index in [-0.39, 0.29) is 0 Å². The molecule has 150 valence electrons. The van der Waals surface area contributed by atoms with Crippen LogP contribution in [0.15, 0.2) is 48.7 Å². The number of ketones is 1. The molecule has 3 aromatic rings. The molecule has 7 nitrogen and oxygen atoms in total. The number of methoxy groups -OCH3 is 2. The molecule has 0 saturated carbocycles. The van der Waals surface area contributed by atoms with Crippen molar-refractivity contribution in [1.29, 1.82) is 0 Å². The lowest BCUT2D eigenvalue weighted by Crippen LogP contribution is -2.23. The van der Waals surface area contributed by atoms with Crippen molar-refractivity contribution in [2.75, 3.05) is 19.5 Å². The molecule has 0 radical (unpaired) electrons. The zero-order chi connectivity index (χ0) is 21.0. The maximum Gasteiger partial charge on any atom is 0.296 e. The molecule has 29 heavy (non-hydrogen) atoms. The van der Waals surface area contributed by atoms with Crippen molar-refractivity contribution < 1.29 is 19.1 Å². The molecule has 1 aromatic carbocycles. The van der Waals surface area contributed by atoms with Crippen LogP contribution in [0.3, 0.4) is 0 Å². The summed E-state index contributed by atoms with van der Waals surface area (Å²) in [5.41, 5.74) is 3.54. The van der Waals surface area contributed by atoms with Gasteiger partial charge in [0.25, 0.3) is 11.7 Å². The van der Waals surface area contributed by atoms with Gasteiger partial charge in [-0.25, -0.2) is 4.98 Å². The Morgan fingerprint density at radius 2 is 1.76 bits per heavy atom. The highest BCUT2D eigenvalue weighted by atomic mass is 16.5. The SMILES string of the molecule is COc1ccc(Cn2c(C)cc(C(=O)C(=O)Nc3ccnc(OC)c3)c2C)cc1. The number of rotatable bonds is 7. The van der Waals surface area contributed by atoms with Gasteiger partial charge in [-0.3, -0.25) is 9.59 Å². The van der Waals surface area contributed by atoms with Gasteiger partial charge in [0.15, 0.2) is 0 Å². The molecule has 0 saturated heterocycles. The third kappa shape index (κ3) is 4.45. The van der Waals surface area contributed by atoms with Crippen LogP contribution in [0.5, 0.6) is 11.6 Å². The number of hydrogen-bond acceptors (Lipinski definition) is 5. The summed E-state index contributed by atoms with van der Waals surface area (Å²) in [5, 5.41) is 2.60. The van der Waals surface area contributed by atoms with E-state index < -0.39 is 11.7 Å². The Hall–Kier alpha value is -3.61. The summed E-state index contributed by atoms with van der Waals surface area (Å²) in [6, 6.07) is 12.6. The number of carbonyl (C=O) groups excluding carboxylic acids is 2. The standard InChI is InChI=1S/C22H23N3O4/c1-14-11-19(15(2)25(14)13-16-5-7-18(28-3)8-6-16)21(26)22(27)24-17-9-10-23-20(12-17)29-4/h5-12H,13H2,1-4H3,(H,23,24,27). The molecule has 0 fully saturated rings. The number of benzene rings is 1. The average Bonchev–Trinajstić information content (AvgIpc) is 3.02. The molecule has 0 bridgehead atoms. The molecule has 0 atom stereocenters. The van der Waals surface area contributed by atoms with Crippen LogP contribution in [0.4, 0.5) is 5.69 Å². The highest BCUT2D eigenvalue weighted by Crippen LogP contribution is 2.20. The van der Waals surface area contributed by atoms with E-state index in [4.69, 9.17) is 9.47 Å². The molecule has 3 rings (SSSR count). The number of nitrogens with one attached hydrogen (secondary N) is 1. The summed E-state index contributed by atoms with van der Waals surface area (Å²) >= 11 is 0. The highest BCUT2D eigenvalue weighted by molar-refractivity contribution is 6.46. The van der Waals surface area contributed by atoms with Crippen molar-refractivity contribution in [2.45, 2.75) is 20.4 Å². The van der Waals surface area contributed by atoms with E-state index in [1.54, 1.807) is 25.3 Å². The number of carbonyl (C=O) groups is 2. The monoisotopic (exact) mass is 393 g/mol. The fraction of sp³-hybridized carbons (Fsp3) is 0.227. The van der Waals surface area contributed by atoms with Gasteiger partial charge in [0.05, 0.1) is 14.2 Å². The van der Waals surface area contributed by atoms with E-state index in [9.17, 15) is 9.59 Å². The molecule has 2 heterocycles. The van der Waals surface area contributed by atoms with Gasteiger partial charge in [-0.05, 0) is 43.7 Å². The van der Waals surface area contributed by atoms with E-state index >= 15 is 0 Å². The summed E-state index contributed by atoms with van der Waals surface area (Å²) in [4.78, 5) is 29.2. The van der Waals surface area contributed by atoms with Gasteiger partial charge in [-0.2, -0.15) is 0 Å². The number of Topliss-reactive ketones (excluding diaryl/α,β-unsaturated/α-hetero) is 1. The van der Waals surface area contributed by atoms with E-state index in [0.29, 0.717) is 23.7 Å². The van der Waals surface area contributed by atoms with Gasteiger partial charge < -0.3 is 19.4 Å². The zero-order valence-electron chi connectivity index (χ0n) is 16.9. The number of pyridine rings is 1. The second-order valence-electron chi connectivity index (χ2n) is 6.59. The van der Waals surface area contributed by atoms with Gasteiger partial charge in [-0.1, -0.05) is 12.1 Å². The number of aryl methyl sites for hydroxylation is 1. The number of amides is 1. The highest BCUT2D eigenvalue weighted by Gasteiger charge is 2.22. The summed E-state index contributed by atoms with van der Waals surface area (Å²) in [5.74, 6) is -0.152. The number of anilines is 1. The van der Waals surface area contributed by atoms with Crippen LogP contribution in [0.2, 0.25) is 0 Å². The van der Waals surface area contributed by atoms with Crippen LogP contribution in [0.25, 0.3) is 0 Å². The molecule has 1 N–H and O–H groups in total. The van der Waals surface area contributed by atoms with E-state index in [2.05, 4.69) is 10.3 Å². The Labute approximate surface area is 169 Å². The van der Waals surface area contributed by atoms with Crippen LogP contribution >= 0.6 is 0 Å². The summed E-state index contributed by atoms with van der Waals surface area (Å²) in [6.45, 7) is 4.35. The Kier molecular flexibility index (Phi) is 5.97. The van der Waals surface area contributed by atoms with Crippen LogP contribution in [-0.2, 0) is 11.3 Å². The summed E-state index contributed by atoms with van der Waals surface area (Å²) in [7, 11) is 3.11. The smallest absolute Gasteiger partial charge is 0.296 e. The Bertz CT molecular complexity index is 1040. The first-order chi connectivity index (χ1) is 13.9. The van der Waals surface area contributed by atoms with Gasteiger partial charge in [0, 0.05) is 41.4 Å². The van der Waals surface area contributed by atoms with Gasteiger partial charge >= 0.3 is 0 Å². The molecular weight excluding hydrogens is 370 g/mol. The summed E-state index contributed by atoms with van der Waals surface area (Å²) in [6.07, 6.45) is 1.50. The van der Waals surface area contributed by atoms with E-state index in [1.807, 2.05) is 42.7 Å². The Morgan fingerprint density at radius 1 is 1.03 bits per heavy atom. The van der Waals surface area contributed by atoms with Crippen molar-refractivity contribution in [2.24, 2.45) is 0 Å². The second-order valence-corrected chi connectivity index (χ2v) is 6.59. The second kappa shape index (κ2) is 8.60. The number of ether oxygens (including phenoxy) is 2. The zero-order valence-corrected chi connectivity index (χ0v) is 16.9. The predicted molar refractivity (Wildman–Crippen MR) is 110 cm³/mol. The topological polar surface area (TPSA) is 82.5 Å². The Morgan fingerprint density at radius 3 is 2.41 bits per heavy atom. The first-order valence-corrected chi connectivity index (χ1v) is 9.08. The van der Waals surface area contributed by atoms with E-state index in [0.717, 1.165) is 22.7 Å². The van der Waals surface area contributed by atoms with Crippen LogP contribution < -0.4 is 14.8 Å². The van der Waals surface area contributed by atoms with Gasteiger partial charge in [0.1, 0.15) is 5.75 Å². The number of hydrogen-bond donors (Lipinski definition) is 1. The van der Waals surface area contributed by atoms with Crippen molar-refractivity contribution in [1.82, 2.24) is 9.55 Å². The minimum absolute atomic E-state index is 0.355. The first kappa shape index (κ1) is 20.1. The maximum absolute atomic E-state index is 12.7. The molecule has 0 aliphatic heterocycles. The van der Waals surface area contributed by atoms with Crippen molar-refractivity contribution in [3.8, 4) is 11.6 Å².